The van der Waals surface area contributed by atoms with Crippen LogP contribution >= 0.6 is 23.2 Å². The number of benzene rings is 2. The fourth-order valence-electron chi connectivity index (χ4n) is 4.48. The predicted octanol–water partition coefficient (Wildman–Crippen LogP) is 5.76. The first-order valence-electron chi connectivity index (χ1n) is 10.9. The van der Waals surface area contributed by atoms with Crippen LogP contribution in [-0.4, -0.2) is 47.7 Å². The second-order valence-corrected chi connectivity index (χ2v) is 10.6. The van der Waals surface area contributed by atoms with Crippen LogP contribution in [0.5, 0.6) is 0 Å². The van der Waals surface area contributed by atoms with Gasteiger partial charge in [0.1, 0.15) is 6.73 Å². The Bertz CT molecular complexity index is 925. The highest BCUT2D eigenvalue weighted by Crippen LogP contribution is 2.35. The van der Waals surface area contributed by atoms with E-state index in [4.69, 9.17) is 27.9 Å². The summed E-state index contributed by atoms with van der Waals surface area (Å²) in [6.07, 6.45) is 1.64. The second-order valence-electron chi connectivity index (χ2n) is 9.78. The minimum absolute atomic E-state index is 0.0979. The molecule has 0 aliphatic carbocycles. The van der Waals surface area contributed by atoms with Gasteiger partial charge < -0.3 is 9.64 Å². The number of nitrogens with zero attached hydrogens (tertiary/aromatic N) is 2. The van der Waals surface area contributed by atoms with Crippen LogP contribution in [0.15, 0.2) is 42.5 Å². The molecule has 1 amide bonds. The third kappa shape index (κ3) is 4.93. The van der Waals surface area contributed by atoms with Crippen molar-refractivity contribution in [2.24, 2.45) is 0 Å². The molecule has 0 aromatic heterocycles. The van der Waals surface area contributed by atoms with Crippen LogP contribution in [0.2, 0.25) is 10.0 Å². The van der Waals surface area contributed by atoms with Crippen molar-refractivity contribution < 1.29 is 9.53 Å². The number of hydrogen-bond donors (Lipinski definition) is 0. The van der Waals surface area contributed by atoms with Crippen LogP contribution in [0.3, 0.4) is 0 Å². The van der Waals surface area contributed by atoms with Gasteiger partial charge in [0.15, 0.2) is 0 Å². The van der Waals surface area contributed by atoms with E-state index in [-0.39, 0.29) is 16.9 Å². The van der Waals surface area contributed by atoms with E-state index in [2.05, 4.69) is 49.9 Å². The molecule has 2 saturated heterocycles. The summed E-state index contributed by atoms with van der Waals surface area (Å²) in [5.74, 6) is -0.0979. The Labute approximate surface area is 195 Å². The second kappa shape index (κ2) is 8.74. The topological polar surface area (TPSA) is 32.8 Å². The monoisotopic (exact) mass is 460 g/mol. The van der Waals surface area contributed by atoms with Crippen LogP contribution < -0.4 is 0 Å². The molecule has 166 valence electrons. The number of carbonyl (C=O) groups excluding carboxylic acids is 1. The van der Waals surface area contributed by atoms with Gasteiger partial charge in [-0.05, 0) is 41.5 Å². The van der Waals surface area contributed by atoms with Gasteiger partial charge in [0.05, 0.1) is 21.2 Å². The molecule has 0 unspecified atom stereocenters. The number of carbonyl (C=O) groups is 1. The molecule has 2 aliphatic heterocycles. The molecular formula is C25H30Cl2N2O2. The lowest BCUT2D eigenvalue weighted by atomic mass is 9.86. The fourth-order valence-corrected chi connectivity index (χ4v) is 5.04. The van der Waals surface area contributed by atoms with E-state index in [1.54, 1.807) is 18.2 Å². The van der Waals surface area contributed by atoms with Gasteiger partial charge in [-0.15, -0.1) is 0 Å². The smallest absolute Gasteiger partial charge is 0.256 e. The number of hydrogen-bond acceptors (Lipinski definition) is 3. The lowest BCUT2D eigenvalue weighted by molar-refractivity contribution is -0.0352. The van der Waals surface area contributed by atoms with E-state index < -0.39 is 0 Å². The van der Waals surface area contributed by atoms with Gasteiger partial charge >= 0.3 is 0 Å². The van der Waals surface area contributed by atoms with Gasteiger partial charge in [-0.25, -0.2) is 0 Å². The highest BCUT2D eigenvalue weighted by Gasteiger charge is 2.43. The summed E-state index contributed by atoms with van der Waals surface area (Å²) in [5.41, 5.74) is 3.04. The molecule has 1 spiro atoms. The highest BCUT2D eigenvalue weighted by molar-refractivity contribution is 6.39. The fraction of sp³-hybridized carbons (Fsp3) is 0.480. The maximum atomic E-state index is 13.0. The lowest BCUT2D eigenvalue weighted by Crippen LogP contribution is -2.48. The molecule has 4 nitrogen and oxygen atoms in total. The third-order valence-electron chi connectivity index (χ3n) is 6.43. The van der Waals surface area contributed by atoms with Gasteiger partial charge in [0.2, 0.25) is 0 Å². The molecule has 0 saturated carbocycles. The maximum Gasteiger partial charge on any atom is 0.256 e. The van der Waals surface area contributed by atoms with Crippen LogP contribution in [0, 0.1) is 0 Å². The van der Waals surface area contributed by atoms with Crippen LogP contribution in [0.4, 0.5) is 0 Å². The minimum Gasteiger partial charge on any atom is -0.358 e. The quantitative estimate of drug-likeness (QED) is 0.583. The molecule has 0 atom stereocenters. The van der Waals surface area contributed by atoms with Crippen molar-refractivity contribution in [3.05, 3.63) is 69.2 Å². The number of amides is 1. The molecule has 0 radical (unpaired) electrons. The molecule has 31 heavy (non-hydrogen) atoms. The molecule has 2 aromatic rings. The summed E-state index contributed by atoms with van der Waals surface area (Å²) in [5, 5.41) is 0.803. The molecule has 2 aromatic carbocycles. The number of halogens is 2. The molecular weight excluding hydrogens is 431 g/mol. The van der Waals surface area contributed by atoms with Crippen LogP contribution in [-0.2, 0) is 16.7 Å². The summed E-state index contributed by atoms with van der Waals surface area (Å²) < 4.78 is 6.26. The van der Waals surface area contributed by atoms with Crippen molar-refractivity contribution in [2.75, 3.05) is 26.4 Å². The number of rotatable bonds is 3. The standard InChI is InChI=1S/C25H30Cl2N2O2/c1-24(2,3)19-9-7-18(8-10-19)15-28-16-25(31-17-28)11-13-29(14-12-25)23(30)22-20(26)5-4-6-21(22)27/h4-10H,11-17H2,1-3H3. The summed E-state index contributed by atoms with van der Waals surface area (Å²) in [6, 6.07) is 14.1. The molecule has 6 heteroatoms. The Morgan fingerprint density at radius 2 is 1.65 bits per heavy atom. The molecule has 2 fully saturated rings. The average Bonchev–Trinajstić information content (AvgIpc) is 3.10. The lowest BCUT2D eigenvalue weighted by Gasteiger charge is -2.38. The average molecular weight is 461 g/mol. The van der Waals surface area contributed by atoms with Gasteiger partial charge in [0, 0.05) is 26.2 Å². The van der Waals surface area contributed by atoms with Crippen molar-refractivity contribution in [1.29, 1.82) is 0 Å². The first-order valence-corrected chi connectivity index (χ1v) is 11.6. The first-order chi connectivity index (χ1) is 14.7. The number of ether oxygens (including phenoxy) is 1. The molecule has 0 bridgehead atoms. The van der Waals surface area contributed by atoms with E-state index in [9.17, 15) is 4.79 Å². The Morgan fingerprint density at radius 3 is 2.23 bits per heavy atom. The van der Waals surface area contributed by atoms with Crippen molar-refractivity contribution in [3.63, 3.8) is 0 Å². The highest BCUT2D eigenvalue weighted by atomic mass is 35.5. The molecule has 2 aliphatic rings. The molecule has 0 N–H and O–H groups in total. The van der Waals surface area contributed by atoms with E-state index in [1.807, 2.05) is 4.90 Å². The summed E-state index contributed by atoms with van der Waals surface area (Å²) in [7, 11) is 0. The largest absolute Gasteiger partial charge is 0.358 e. The van der Waals surface area contributed by atoms with Gasteiger partial charge in [-0.3, -0.25) is 9.69 Å². The predicted molar refractivity (Wildman–Crippen MR) is 126 cm³/mol. The zero-order chi connectivity index (χ0) is 22.2. The van der Waals surface area contributed by atoms with Gasteiger partial charge in [0.25, 0.3) is 5.91 Å². The van der Waals surface area contributed by atoms with Crippen molar-refractivity contribution in [1.82, 2.24) is 9.80 Å². The van der Waals surface area contributed by atoms with Gasteiger partial charge in [-0.1, -0.05) is 74.3 Å². The van der Waals surface area contributed by atoms with E-state index >= 15 is 0 Å². The Morgan fingerprint density at radius 1 is 1.03 bits per heavy atom. The van der Waals surface area contributed by atoms with Crippen molar-refractivity contribution in [2.45, 2.75) is 51.2 Å². The first kappa shape index (κ1) is 22.6. The van der Waals surface area contributed by atoms with E-state index in [1.165, 1.54) is 11.1 Å². The Balaban J connectivity index is 1.34. The van der Waals surface area contributed by atoms with E-state index in [0.29, 0.717) is 35.4 Å². The minimum atomic E-state index is -0.174. The SMILES string of the molecule is CC(C)(C)c1ccc(CN2COC3(CCN(C(=O)c4c(Cl)cccc4Cl)CC3)C2)cc1. The molecule has 2 heterocycles. The number of likely N-dealkylation sites (tertiary alicyclic amines) is 1. The Kier molecular flexibility index (Phi) is 6.37. The summed E-state index contributed by atoms with van der Waals surface area (Å²) >= 11 is 12.5. The maximum absolute atomic E-state index is 13.0. The third-order valence-corrected chi connectivity index (χ3v) is 7.06. The zero-order valence-electron chi connectivity index (χ0n) is 18.5. The summed E-state index contributed by atoms with van der Waals surface area (Å²) in [6.45, 7) is 10.4. The Hall–Kier alpha value is -1.59. The normalized spacial score (nSPS) is 19.2. The zero-order valence-corrected chi connectivity index (χ0v) is 20.0. The van der Waals surface area contributed by atoms with E-state index in [0.717, 1.165) is 25.9 Å². The summed E-state index contributed by atoms with van der Waals surface area (Å²) in [4.78, 5) is 17.2. The van der Waals surface area contributed by atoms with Crippen molar-refractivity contribution >= 4 is 29.1 Å². The van der Waals surface area contributed by atoms with Crippen LogP contribution in [0.1, 0.15) is 55.1 Å². The van der Waals surface area contributed by atoms with Gasteiger partial charge in [-0.2, -0.15) is 0 Å². The van der Waals surface area contributed by atoms with Crippen LogP contribution in [0.25, 0.3) is 0 Å². The number of piperidine rings is 1. The molecule has 4 rings (SSSR count). The van der Waals surface area contributed by atoms with Crippen molar-refractivity contribution in [3.8, 4) is 0 Å².